The molecule has 0 aromatic carbocycles. The van der Waals surface area contributed by atoms with Gasteiger partial charge in [0, 0.05) is 18.7 Å². The number of aryl methyl sites for hydroxylation is 2. The molecule has 5 heteroatoms. The number of rotatable bonds is 4. The topological polar surface area (TPSA) is 67.7 Å². The summed E-state index contributed by atoms with van der Waals surface area (Å²) in [6.45, 7) is 4.04. The average molecular weight is 212 g/mol. The summed E-state index contributed by atoms with van der Waals surface area (Å²) in [5.41, 5.74) is 6.36. The molecule has 0 aliphatic heterocycles. The van der Waals surface area contributed by atoms with Crippen LogP contribution in [0.2, 0.25) is 0 Å². The van der Waals surface area contributed by atoms with Crippen molar-refractivity contribution in [2.24, 2.45) is 12.8 Å². The van der Waals surface area contributed by atoms with E-state index < -0.39 is 0 Å². The first kappa shape index (κ1) is 11.1. The van der Waals surface area contributed by atoms with Crippen LogP contribution >= 0.6 is 11.8 Å². The van der Waals surface area contributed by atoms with Crippen molar-refractivity contribution in [3.05, 3.63) is 11.8 Å². The van der Waals surface area contributed by atoms with Gasteiger partial charge in [0.15, 0.2) is 0 Å². The van der Waals surface area contributed by atoms with Crippen LogP contribution < -0.4 is 5.73 Å². The first-order chi connectivity index (χ1) is 6.49. The van der Waals surface area contributed by atoms with Crippen LogP contribution in [-0.4, -0.2) is 20.9 Å². The second-order valence-corrected chi connectivity index (χ2v) is 4.86. The van der Waals surface area contributed by atoms with Gasteiger partial charge in [-0.3, -0.25) is 10.1 Å². The SMILES string of the molecule is Cc1cc(SC(C)CC(=N)N)n(C)n1. The first-order valence-electron chi connectivity index (χ1n) is 4.49. The molecule has 0 bridgehead atoms. The highest BCUT2D eigenvalue weighted by atomic mass is 32.2. The summed E-state index contributed by atoms with van der Waals surface area (Å²) in [6.07, 6.45) is 0.620. The second-order valence-electron chi connectivity index (χ2n) is 3.41. The molecule has 0 radical (unpaired) electrons. The lowest BCUT2D eigenvalue weighted by atomic mass is 10.3. The molecule has 1 aromatic heterocycles. The Labute approximate surface area is 88.4 Å². The van der Waals surface area contributed by atoms with Crippen molar-refractivity contribution in [1.29, 1.82) is 5.41 Å². The van der Waals surface area contributed by atoms with E-state index in [9.17, 15) is 0 Å². The van der Waals surface area contributed by atoms with Crippen LogP contribution in [0.1, 0.15) is 19.0 Å². The Morgan fingerprint density at radius 1 is 1.79 bits per heavy atom. The minimum absolute atomic E-state index is 0.240. The number of nitrogens with two attached hydrogens (primary N) is 1. The zero-order chi connectivity index (χ0) is 10.7. The molecule has 1 rings (SSSR count). The third-order valence-corrected chi connectivity index (χ3v) is 2.98. The maximum atomic E-state index is 7.19. The van der Waals surface area contributed by atoms with Crippen LogP contribution in [0.5, 0.6) is 0 Å². The van der Waals surface area contributed by atoms with Gasteiger partial charge in [0.1, 0.15) is 0 Å². The van der Waals surface area contributed by atoms with E-state index >= 15 is 0 Å². The predicted octanol–water partition coefficient (Wildman–Crippen LogP) is 1.54. The van der Waals surface area contributed by atoms with Gasteiger partial charge in [-0.05, 0) is 13.0 Å². The molecule has 14 heavy (non-hydrogen) atoms. The quantitative estimate of drug-likeness (QED) is 0.452. The summed E-state index contributed by atoms with van der Waals surface area (Å²) in [4.78, 5) is 0. The van der Waals surface area contributed by atoms with Crippen LogP contribution in [0, 0.1) is 12.3 Å². The number of nitrogens with zero attached hydrogens (tertiary/aromatic N) is 2. The van der Waals surface area contributed by atoms with Gasteiger partial charge in [0.05, 0.1) is 16.6 Å². The molecule has 1 atom stereocenters. The van der Waals surface area contributed by atoms with E-state index in [1.54, 1.807) is 11.8 Å². The highest BCUT2D eigenvalue weighted by molar-refractivity contribution is 7.99. The fourth-order valence-electron chi connectivity index (χ4n) is 1.25. The fraction of sp³-hybridized carbons (Fsp3) is 0.556. The van der Waals surface area contributed by atoms with Gasteiger partial charge in [-0.15, -0.1) is 11.8 Å². The molecule has 0 spiro atoms. The van der Waals surface area contributed by atoms with E-state index in [1.807, 2.05) is 24.7 Å². The minimum atomic E-state index is 0.240. The zero-order valence-electron chi connectivity index (χ0n) is 8.74. The molecule has 4 nitrogen and oxygen atoms in total. The molecular weight excluding hydrogens is 196 g/mol. The summed E-state index contributed by atoms with van der Waals surface area (Å²) >= 11 is 1.70. The normalized spacial score (nSPS) is 12.8. The maximum Gasteiger partial charge on any atom is 0.0942 e. The number of nitrogens with one attached hydrogen (secondary N) is 1. The largest absolute Gasteiger partial charge is 0.388 e. The number of hydrogen-bond acceptors (Lipinski definition) is 3. The number of hydrogen-bond donors (Lipinski definition) is 2. The number of thioether (sulfide) groups is 1. The van der Waals surface area contributed by atoms with Crippen molar-refractivity contribution in [3.63, 3.8) is 0 Å². The van der Waals surface area contributed by atoms with Crippen molar-refractivity contribution < 1.29 is 0 Å². The van der Waals surface area contributed by atoms with Crippen LogP contribution in [0.4, 0.5) is 0 Å². The van der Waals surface area contributed by atoms with E-state index in [4.69, 9.17) is 11.1 Å². The standard InChI is InChI=1S/C9H16N4S/c1-6-4-9(13(3)12-6)14-7(2)5-8(10)11/h4,7H,5H2,1-3H3,(H3,10,11). The van der Waals surface area contributed by atoms with Gasteiger partial charge in [-0.1, -0.05) is 6.92 Å². The van der Waals surface area contributed by atoms with Crippen LogP contribution in [0.25, 0.3) is 0 Å². The van der Waals surface area contributed by atoms with Gasteiger partial charge in [-0.2, -0.15) is 5.10 Å². The predicted molar refractivity (Wildman–Crippen MR) is 59.8 cm³/mol. The Kier molecular flexibility index (Phi) is 3.57. The summed E-state index contributed by atoms with van der Waals surface area (Å²) in [6, 6.07) is 2.04. The van der Waals surface area contributed by atoms with Crippen LogP contribution in [0.15, 0.2) is 11.1 Å². The van der Waals surface area contributed by atoms with Crippen molar-refractivity contribution in [1.82, 2.24) is 9.78 Å². The average Bonchev–Trinajstić information content (AvgIpc) is 2.28. The summed E-state index contributed by atoms with van der Waals surface area (Å²) in [5.74, 6) is 0.240. The molecule has 0 saturated heterocycles. The summed E-state index contributed by atoms with van der Waals surface area (Å²) in [7, 11) is 1.93. The Balaban J connectivity index is 2.59. The molecule has 0 aliphatic rings. The highest BCUT2D eigenvalue weighted by Crippen LogP contribution is 2.24. The highest BCUT2D eigenvalue weighted by Gasteiger charge is 2.09. The third-order valence-electron chi connectivity index (χ3n) is 1.79. The molecule has 0 aliphatic carbocycles. The van der Waals surface area contributed by atoms with E-state index in [-0.39, 0.29) is 5.84 Å². The Morgan fingerprint density at radius 3 is 2.86 bits per heavy atom. The Hall–Kier alpha value is -0.970. The second kappa shape index (κ2) is 4.50. The van der Waals surface area contributed by atoms with Gasteiger partial charge >= 0.3 is 0 Å². The Bertz CT molecular complexity index is 332. The minimum Gasteiger partial charge on any atom is -0.388 e. The first-order valence-corrected chi connectivity index (χ1v) is 5.37. The Morgan fingerprint density at radius 2 is 2.43 bits per heavy atom. The molecule has 0 amide bonds. The van der Waals surface area contributed by atoms with Gasteiger partial charge in [0.25, 0.3) is 0 Å². The molecule has 1 heterocycles. The lowest BCUT2D eigenvalue weighted by molar-refractivity contribution is 0.691. The molecule has 78 valence electrons. The smallest absolute Gasteiger partial charge is 0.0942 e. The third kappa shape index (κ3) is 3.06. The summed E-state index contributed by atoms with van der Waals surface area (Å²) in [5, 5.41) is 12.9. The monoisotopic (exact) mass is 212 g/mol. The van der Waals surface area contributed by atoms with Crippen molar-refractivity contribution >= 4 is 17.6 Å². The molecule has 1 unspecified atom stereocenters. The van der Waals surface area contributed by atoms with Gasteiger partial charge in [0.2, 0.25) is 0 Å². The van der Waals surface area contributed by atoms with E-state index in [1.165, 1.54) is 0 Å². The molecule has 0 fully saturated rings. The van der Waals surface area contributed by atoms with Gasteiger partial charge in [-0.25, -0.2) is 0 Å². The molecule has 3 N–H and O–H groups in total. The molecule has 1 aromatic rings. The number of amidine groups is 1. The lowest BCUT2D eigenvalue weighted by Gasteiger charge is -2.09. The van der Waals surface area contributed by atoms with Crippen molar-refractivity contribution in [3.8, 4) is 0 Å². The molecular formula is C9H16N4S. The van der Waals surface area contributed by atoms with E-state index in [0.717, 1.165) is 10.7 Å². The van der Waals surface area contributed by atoms with Gasteiger partial charge < -0.3 is 5.73 Å². The zero-order valence-corrected chi connectivity index (χ0v) is 9.56. The summed E-state index contributed by atoms with van der Waals surface area (Å²) < 4.78 is 1.86. The van der Waals surface area contributed by atoms with Crippen molar-refractivity contribution in [2.45, 2.75) is 30.5 Å². The van der Waals surface area contributed by atoms with E-state index in [2.05, 4.69) is 12.0 Å². The van der Waals surface area contributed by atoms with Crippen LogP contribution in [-0.2, 0) is 7.05 Å². The van der Waals surface area contributed by atoms with Crippen LogP contribution in [0.3, 0.4) is 0 Å². The van der Waals surface area contributed by atoms with Crippen molar-refractivity contribution in [2.75, 3.05) is 0 Å². The number of aromatic nitrogens is 2. The molecule has 0 saturated carbocycles. The maximum absolute atomic E-state index is 7.19. The van der Waals surface area contributed by atoms with E-state index in [0.29, 0.717) is 11.7 Å². The fourth-order valence-corrected chi connectivity index (χ4v) is 2.36. The lowest BCUT2D eigenvalue weighted by Crippen LogP contribution is -2.15.